The summed E-state index contributed by atoms with van der Waals surface area (Å²) in [6.45, 7) is 3.53. The van der Waals surface area contributed by atoms with Crippen molar-refractivity contribution in [3.05, 3.63) is 36.2 Å². The fourth-order valence-corrected chi connectivity index (χ4v) is 2.52. The Hall–Kier alpha value is -1.55. The number of aliphatic carboxylic acids is 1. The maximum absolute atomic E-state index is 10.5. The molecular formula is C14H17O4. The maximum Gasteiger partial charge on any atom is 0.341 e. The summed E-state index contributed by atoms with van der Waals surface area (Å²) in [6.07, 6.45) is 1.63. The van der Waals surface area contributed by atoms with Gasteiger partial charge in [0.25, 0.3) is 0 Å². The van der Waals surface area contributed by atoms with E-state index in [-0.39, 0.29) is 18.6 Å². The van der Waals surface area contributed by atoms with Crippen LogP contribution in [0.3, 0.4) is 0 Å². The highest BCUT2D eigenvalue weighted by Gasteiger charge is 2.28. The Morgan fingerprint density at radius 3 is 2.94 bits per heavy atom. The Bertz CT molecular complexity index is 441. The van der Waals surface area contributed by atoms with Crippen molar-refractivity contribution in [1.29, 1.82) is 0 Å². The van der Waals surface area contributed by atoms with E-state index in [0.29, 0.717) is 25.0 Å². The van der Waals surface area contributed by atoms with Crippen LogP contribution in [0.25, 0.3) is 0 Å². The highest BCUT2D eigenvalue weighted by Crippen LogP contribution is 2.38. The molecule has 4 heteroatoms. The number of rotatable bonds is 4. The van der Waals surface area contributed by atoms with Gasteiger partial charge >= 0.3 is 5.97 Å². The van der Waals surface area contributed by atoms with E-state index < -0.39 is 5.97 Å². The molecule has 0 spiro atoms. The molecule has 0 bridgehead atoms. The number of aliphatic hydroxyl groups is 1. The zero-order valence-electron chi connectivity index (χ0n) is 10.1. The molecule has 0 unspecified atom stereocenters. The van der Waals surface area contributed by atoms with Crippen molar-refractivity contribution in [3.8, 4) is 5.75 Å². The molecule has 0 heterocycles. The molecule has 1 radical (unpaired) electrons. The van der Waals surface area contributed by atoms with E-state index in [1.54, 1.807) is 6.07 Å². The van der Waals surface area contributed by atoms with Gasteiger partial charge in [-0.2, -0.15) is 0 Å². The molecule has 1 aromatic carbocycles. The van der Waals surface area contributed by atoms with Gasteiger partial charge in [-0.05, 0) is 36.5 Å². The Morgan fingerprint density at radius 1 is 1.50 bits per heavy atom. The van der Waals surface area contributed by atoms with Gasteiger partial charge in [-0.25, -0.2) is 4.79 Å². The molecule has 2 atom stereocenters. The van der Waals surface area contributed by atoms with Crippen molar-refractivity contribution in [3.63, 3.8) is 0 Å². The Labute approximate surface area is 106 Å². The molecule has 4 nitrogen and oxygen atoms in total. The van der Waals surface area contributed by atoms with Gasteiger partial charge in [0, 0.05) is 5.92 Å². The summed E-state index contributed by atoms with van der Waals surface area (Å²) in [5.41, 5.74) is 2.05. The average Bonchev–Trinajstić information content (AvgIpc) is 2.35. The van der Waals surface area contributed by atoms with E-state index in [2.05, 4.69) is 6.92 Å². The molecule has 0 amide bonds. The lowest BCUT2D eigenvalue weighted by molar-refractivity contribution is -0.139. The Morgan fingerprint density at radius 2 is 2.28 bits per heavy atom. The number of hydrogen-bond donors (Lipinski definition) is 2. The quantitative estimate of drug-likeness (QED) is 0.853. The molecule has 1 aliphatic rings. The molecule has 97 valence electrons. The largest absolute Gasteiger partial charge is 0.482 e. The Kier molecular flexibility index (Phi) is 3.87. The third-order valence-corrected chi connectivity index (χ3v) is 3.39. The van der Waals surface area contributed by atoms with Crippen molar-refractivity contribution < 1.29 is 19.7 Å². The minimum absolute atomic E-state index is 0.0159. The first-order valence-corrected chi connectivity index (χ1v) is 6.07. The van der Waals surface area contributed by atoms with Crippen LogP contribution in [0.15, 0.2) is 18.2 Å². The van der Waals surface area contributed by atoms with Crippen LogP contribution < -0.4 is 4.74 Å². The second-order valence-corrected chi connectivity index (χ2v) is 4.51. The summed E-state index contributed by atoms with van der Waals surface area (Å²) in [7, 11) is 0. The van der Waals surface area contributed by atoms with Crippen molar-refractivity contribution in [2.45, 2.75) is 31.3 Å². The maximum atomic E-state index is 10.5. The molecule has 0 saturated heterocycles. The summed E-state index contributed by atoms with van der Waals surface area (Å²) in [5, 5.41) is 18.6. The first-order chi connectivity index (χ1) is 8.63. The van der Waals surface area contributed by atoms with Gasteiger partial charge in [-0.1, -0.05) is 19.1 Å². The molecule has 2 N–H and O–H groups in total. The zero-order valence-corrected chi connectivity index (χ0v) is 10.1. The van der Waals surface area contributed by atoms with Gasteiger partial charge in [0.1, 0.15) is 5.75 Å². The van der Waals surface area contributed by atoms with Crippen LogP contribution in [0, 0.1) is 6.92 Å². The number of ether oxygens (including phenoxy) is 1. The van der Waals surface area contributed by atoms with Crippen molar-refractivity contribution in [2.75, 3.05) is 6.61 Å². The zero-order chi connectivity index (χ0) is 13.1. The van der Waals surface area contributed by atoms with Crippen LogP contribution in [0.4, 0.5) is 0 Å². The Balaban J connectivity index is 2.29. The average molecular weight is 249 g/mol. The van der Waals surface area contributed by atoms with Gasteiger partial charge in [-0.3, -0.25) is 0 Å². The van der Waals surface area contributed by atoms with E-state index in [1.807, 2.05) is 12.1 Å². The summed E-state index contributed by atoms with van der Waals surface area (Å²) in [6, 6.07) is 5.57. The first kappa shape index (κ1) is 12.9. The van der Waals surface area contributed by atoms with E-state index in [4.69, 9.17) is 9.84 Å². The van der Waals surface area contributed by atoms with E-state index >= 15 is 0 Å². The second kappa shape index (κ2) is 5.40. The van der Waals surface area contributed by atoms with E-state index in [1.165, 1.54) is 0 Å². The lowest BCUT2D eigenvalue weighted by atomic mass is 9.79. The van der Waals surface area contributed by atoms with E-state index in [0.717, 1.165) is 11.1 Å². The fraction of sp³-hybridized carbons (Fsp3) is 0.429. The summed E-state index contributed by atoms with van der Waals surface area (Å²) < 4.78 is 5.29. The third kappa shape index (κ3) is 2.48. The van der Waals surface area contributed by atoms with Crippen LogP contribution >= 0.6 is 0 Å². The van der Waals surface area contributed by atoms with Crippen molar-refractivity contribution in [1.82, 2.24) is 0 Å². The molecule has 0 fully saturated rings. The number of carboxylic acids is 1. The molecule has 1 aromatic rings. The van der Waals surface area contributed by atoms with Crippen molar-refractivity contribution >= 4 is 5.97 Å². The number of carboxylic acid groups (broad SMARTS) is 1. The fourth-order valence-electron chi connectivity index (χ4n) is 2.52. The van der Waals surface area contributed by atoms with Crippen LogP contribution in [-0.2, 0) is 11.2 Å². The smallest absolute Gasteiger partial charge is 0.341 e. The highest BCUT2D eigenvalue weighted by molar-refractivity contribution is 5.68. The van der Waals surface area contributed by atoms with Gasteiger partial charge in [-0.15, -0.1) is 0 Å². The van der Waals surface area contributed by atoms with Crippen LogP contribution in [0.2, 0.25) is 0 Å². The van der Waals surface area contributed by atoms with E-state index in [9.17, 15) is 9.90 Å². The predicted octanol–water partition coefficient (Wildman–Crippen LogP) is 1.76. The van der Waals surface area contributed by atoms with Crippen LogP contribution in [0.5, 0.6) is 5.75 Å². The molecule has 2 rings (SSSR count). The highest BCUT2D eigenvalue weighted by atomic mass is 16.5. The summed E-state index contributed by atoms with van der Waals surface area (Å²) in [4.78, 5) is 10.5. The number of carbonyl (C=O) groups is 1. The topological polar surface area (TPSA) is 66.8 Å². The minimum atomic E-state index is -0.989. The number of aliphatic hydroxyl groups excluding tert-OH is 1. The van der Waals surface area contributed by atoms with Gasteiger partial charge < -0.3 is 14.9 Å². The molecule has 0 saturated carbocycles. The first-order valence-electron chi connectivity index (χ1n) is 6.07. The predicted molar refractivity (Wildman–Crippen MR) is 66.6 cm³/mol. The number of benzene rings is 1. The van der Waals surface area contributed by atoms with Gasteiger partial charge in [0.15, 0.2) is 6.61 Å². The normalized spacial score (nSPS) is 22.3. The number of fused-ring (bicyclic) bond motifs is 1. The van der Waals surface area contributed by atoms with Gasteiger partial charge in [0.05, 0.1) is 6.10 Å². The molecule has 0 aromatic heterocycles. The third-order valence-electron chi connectivity index (χ3n) is 3.39. The SMILES string of the molecule is [CH2]C[C@@H]1c2cccc(OCC(=O)O)c2CC[C@@H]1O. The van der Waals surface area contributed by atoms with Gasteiger partial charge in [0.2, 0.25) is 0 Å². The van der Waals surface area contributed by atoms with Crippen LogP contribution in [0.1, 0.15) is 29.9 Å². The molecular weight excluding hydrogens is 232 g/mol. The standard InChI is InChI=1S/C14H17O4/c1-2-9-10-4-3-5-13(18-8-14(16)17)11(10)6-7-12(9)15/h3-5,9,12,15H,1-2,6-8H2,(H,16,17)/t9-,12+/m1/s1. The summed E-state index contributed by atoms with van der Waals surface area (Å²) in [5.74, 6) is -0.362. The monoisotopic (exact) mass is 249 g/mol. The van der Waals surface area contributed by atoms with Crippen molar-refractivity contribution in [2.24, 2.45) is 0 Å². The summed E-state index contributed by atoms with van der Waals surface area (Å²) >= 11 is 0. The van der Waals surface area contributed by atoms with Crippen LogP contribution in [-0.4, -0.2) is 28.9 Å². The lowest BCUT2D eigenvalue weighted by Crippen LogP contribution is -2.25. The molecule has 1 aliphatic carbocycles. The lowest BCUT2D eigenvalue weighted by Gasteiger charge is -2.30. The molecule has 0 aliphatic heterocycles. The number of hydrogen-bond acceptors (Lipinski definition) is 3. The minimum Gasteiger partial charge on any atom is -0.482 e. The molecule has 18 heavy (non-hydrogen) atoms. The second-order valence-electron chi connectivity index (χ2n) is 4.51.